The molecule has 2 rings (SSSR count). The lowest BCUT2D eigenvalue weighted by Crippen LogP contribution is -2.05. The molecule has 0 radical (unpaired) electrons. The normalized spacial score (nSPS) is 10.3. The Labute approximate surface area is 108 Å². The quantitative estimate of drug-likeness (QED) is 0.477. The average molecular weight is 264 g/mol. The van der Waals surface area contributed by atoms with E-state index < -0.39 is 11.6 Å². The van der Waals surface area contributed by atoms with Crippen molar-refractivity contribution in [1.29, 1.82) is 0 Å². The molecule has 0 aliphatic rings. The Morgan fingerprint density at radius 2 is 1.84 bits per heavy atom. The van der Waals surface area contributed by atoms with Crippen molar-refractivity contribution in [3.8, 4) is 17.2 Å². The minimum atomic E-state index is -0.559. The second-order valence-corrected chi connectivity index (χ2v) is 3.70. The number of hydrogen-bond acceptors (Lipinski definition) is 6. The van der Waals surface area contributed by atoms with E-state index in [0.29, 0.717) is 11.1 Å². The summed E-state index contributed by atoms with van der Waals surface area (Å²) in [5, 5.41) is 0.513. The van der Waals surface area contributed by atoms with Gasteiger partial charge in [0.05, 0.1) is 19.6 Å². The standard InChI is InChI=1S/C13H12O6/c1-7(14)18-13-10(17-3)6-9(16-2)8-4-5-11(15)19-12(8)13/h4-6H,1-3H3. The van der Waals surface area contributed by atoms with E-state index in [-0.39, 0.29) is 17.1 Å². The molecule has 0 fully saturated rings. The molecule has 0 atom stereocenters. The zero-order chi connectivity index (χ0) is 14.0. The van der Waals surface area contributed by atoms with Crippen molar-refractivity contribution >= 4 is 16.9 Å². The topological polar surface area (TPSA) is 75.0 Å². The van der Waals surface area contributed by atoms with Crippen LogP contribution in [0.1, 0.15) is 6.92 Å². The summed E-state index contributed by atoms with van der Waals surface area (Å²) in [6.45, 7) is 1.25. The number of methoxy groups -OCH3 is 2. The first kappa shape index (κ1) is 12.9. The molecule has 0 saturated heterocycles. The molecule has 6 nitrogen and oxygen atoms in total. The van der Waals surface area contributed by atoms with Gasteiger partial charge in [0.25, 0.3) is 0 Å². The fourth-order valence-electron chi connectivity index (χ4n) is 1.71. The first-order valence-corrected chi connectivity index (χ1v) is 5.44. The predicted molar refractivity (Wildman–Crippen MR) is 66.9 cm³/mol. The summed E-state index contributed by atoms with van der Waals surface area (Å²) < 4.78 is 20.4. The van der Waals surface area contributed by atoms with Gasteiger partial charge in [0.15, 0.2) is 11.3 Å². The minimum Gasteiger partial charge on any atom is -0.496 e. The zero-order valence-electron chi connectivity index (χ0n) is 10.7. The van der Waals surface area contributed by atoms with Crippen LogP contribution in [0.4, 0.5) is 0 Å². The lowest BCUT2D eigenvalue weighted by molar-refractivity contribution is -0.131. The van der Waals surface area contributed by atoms with Crippen molar-refractivity contribution in [3.63, 3.8) is 0 Å². The van der Waals surface area contributed by atoms with Crippen LogP contribution < -0.4 is 19.8 Å². The monoisotopic (exact) mass is 264 g/mol. The Kier molecular flexibility index (Phi) is 3.41. The third-order valence-corrected chi connectivity index (χ3v) is 2.48. The Morgan fingerprint density at radius 1 is 1.16 bits per heavy atom. The molecule has 0 amide bonds. The molecule has 100 valence electrons. The van der Waals surface area contributed by atoms with E-state index in [1.807, 2.05) is 0 Å². The summed E-state index contributed by atoms with van der Waals surface area (Å²) in [7, 11) is 2.89. The lowest BCUT2D eigenvalue weighted by Gasteiger charge is -2.12. The van der Waals surface area contributed by atoms with Gasteiger partial charge in [-0.15, -0.1) is 0 Å². The van der Waals surface area contributed by atoms with Crippen LogP contribution in [-0.2, 0) is 4.79 Å². The smallest absolute Gasteiger partial charge is 0.336 e. The van der Waals surface area contributed by atoms with Gasteiger partial charge in [0, 0.05) is 19.1 Å². The molecule has 0 aliphatic heterocycles. The molecular formula is C13H12O6. The van der Waals surface area contributed by atoms with Gasteiger partial charge in [-0.1, -0.05) is 0 Å². The summed E-state index contributed by atoms with van der Waals surface area (Å²) in [5.74, 6) is 0.208. The number of hydrogen-bond donors (Lipinski definition) is 0. The number of carbonyl (C=O) groups is 1. The summed E-state index contributed by atoms with van der Waals surface area (Å²) >= 11 is 0. The fraction of sp³-hybridized carbons (Fsp3) is 0.231. The van der Waals surface area contributed by atoms with Gasteiger partial charge in [-0.2, -0.15) is 0 Å². The van der Waals surface area contributed by atoms with Gasteiger partial charge in [0.2, 0.25) is 5.75 Å². The highest BCUT2D eigenvalue weighted by atomic mass is 16.6. The van der Waals surface area contributed by atoms with Crippen molar-refractivity contribution in [2.45, 2.75) is 6.92 Å². The molecule has 1 aromatic heterocycles. The van der Waals surface area contributed by atoms with Crippen LogP contribution in [0, 0.1) is 0 Å². The molecule has 0 aliphatic carbocycles. The van der Waals surface area contributed by atoms with E-state index in [4.69, 9.17) is 18.6 Å². The van der Waals surface area contributed by atoms with Crippen LogP contribution in [0.3, 0.4) is 0 Å². The maximum atomic E-state index is 11.3. The van der Waals surface area contributed by atoms with Gasteiger partial charge in [-0.05, 0) is 6.07 Å². The highest BCUT2D eigenvalue weighted by molar-refractivity contribution is 5.92. The van der Waals surface area contributed by atoms with Crippen LogP contribution in [-0.4, -0.2) is 20.2 Å². The second kappa shape index (κ2) is 5.01. The molecule has 1 heterocycles. The molecule has 0 bridgehead atoms. The predicted octanol–water partition coefficient (Wildman–Crippen LogP) is 1.74. The van der Waals surface area contributed by atoms with E-state index in [1.165, 1.54) is 33.3 Å². The summed E-state index contributed by atoms with van der Waals surface area (Å²) in [4.78, 5) is 22.5. The van der Waals surface area contributed by atoms with Crippen LogP contribution in [0.2, 0.25) is 0 Å². The van der Waals surface area contributed by atoms with E-state index in [2.05, 4.69) is 0 Å². The van der Waals surface area contributed by atoms with Gasteiger partial charge < -0.3 is 18.6 Å². The van der Waals surface area contributed by atoms with E-state index in [0.717, 1.165) is 0 Å². The molecule has 6 heteroatoms. The largest absolute Gasteiger partial charge is 0.496 e. The third-order valence-electron chi connectivity index (χ3n) is 2.48. The third kappa shape index (κ3) is 2.37. The summed E-state index contributed by atoms with van der Waals surface area (Å²) in [5.41, 5.74) is -0.449. The van der Waals surface area contributed by atoms with Crippen molar-refractivity contribution in [2.75, 3.05) is 14.2 Å². The van der Waals surface area contributed by atoms with E-state index >= 15 is 0 Å². The highest BCUT2D eigenvalue weighted by Crippen LogP contribution is 2.40. The molecule has 2 aromatic rings. The van der Waals surface area contributed by atoms with E-state index in [1.54, 1.807) is 6.07 Å². The molecule has 0 unspecified atom stereocenters. The van der Waals surface area contributed by atoms with Gasteiger partial charge in [0.1, 0.15) is 5.75 Å². The van der Waals surface area contributed by atoms with Gasteiger partial charge >= 0.3 is 11.6 Å². The molecule has 0 spiro atoms. The SMILES string of the molecule is COc1cc(OC)c2ccc(=O)oc2c1OC(C)=O. The molecule has 0 N–H and O–H groups in total. The first-order valence-electron chi connectivity index (χ1n) is 5.44. The van der Waals surface area contributed by atoms with Gasteiger partial charge in [-0.25, -0.2) is 4.79 Å². The zero-order valence-corrected chi connectivity index (χ0v) is 10.7. The number of rotatable bonds is 3. The van der Waals surface area contributed by atoms with Crippen LogP contribution in [0.5, 0.6) is 17.2 Å². The lowest BCUT2D eigenvalue weighted by atomic mass is 10.2. The van der Waals surface area contributed by atoms with Crippen LogP contribution in [0.15, 0.2) is 27.4 Å². The van der Waals surface area contributed by atoms with Crippen molar-refractivity contribution in [1.82, 2.24) is 0 Å². The fourth-order valence-corrected chi connectivity index (χ4v) is 1.71. The average Bonchev–Trinajstić information content (AvgIpc) is 2.38. The van der Waals surface area contributed by atoms with Crippen molar-refractivity contribution in [3.05, 3.63) is 28.6 Å². The van der Waals surface area contributed by atoms with Gasteiger partial charge in [-0.3, -0.25) is 4.79 Å². The Bertz CT molecular complexity index is 685. The number of benzene rings is 1. The maximum absolute atomic E-state index is 11.3. The number of carbonyl (C=O) groups excluding carboxylic acids is 1. The molecule has 19 heavy (non-hydrogen) atoms. The van der Waals surface area contributed by atoms with E-state index in [9.17, 15) is 9.59 Å². The molecular weight excluding hydrogens is 252 g/mol. The summed E-state index contributed by atoms with van der Waals surface area (Å²) in [6, 6.07) is 4.35. The van der Waals surface area contributed by atoms with Crippen molar-refractivity contribution < 1.29 is 23.4 Å². The first-order chi connectivity index (χ1) is 9.06. The molecule has 1 aromatic carbocycles. The number of fused-ring (bicyclic) bond motifs is 1. The minimum absolute atomic E-state index is 0.0588. The maximum Gasteiger partial charge on any atom is 0.336 e. The highest BCUT2D eigenvalue weighted by Gasteiger charge is 2.18. The second-order valence-electron chi connectivity index (χ2n) is 3.70. The summed E-state index contributed by atoms with van der Waals surface area (Å²) in [6.07, 6.45) is 0. The van der Waals surface area contributed by atoms with Crippen molar-refractivity contribution in [2.24, 2.45) is 0 Å². The van der Waals surface area contributed by atoms with Crippen LogP contribution in [0.25, 0.3) is 11.0 Å². The Hall–Kier alpha value is -2.50. The number of esters is 1. The molecule has 0 saturated carbocycles. The Morgan fingerprint density at radius 3 is 2.42 bits per heavy atom. The van der Waals surface area contributed by atoms with Crippen LogP contribution >= 0.6 is 0 Å². The number of ether oxygens (including phenoxy) is 3. The Balaban J connectivity index is 2.85.